The quantitative estimate of drug-likeness (QED) is 0.291. The van der Waals surface area contributed by atoms with Crippen LogP contribution in [-0.2, 0) is 11.2 Å². The van der Waals surface area contributed by atoms with Crippen molar-refractivity contribution in [2.24, 2.45) is 0 Å². The number of benzene rings is 3. The number of aromatic amines is 1. The molecule has 0 amide bonds. The van der Waals surface area contributed by atoms with Crippen LogP contribution in [0.3, 0.4) is 0 Å². The molecule has 0 spiro atoms. The summed E-state index contributed by atoms with van der Waals surface area (Å²) in [4.78, 5) is 13.1. The van der Waals surface area contributed by atoms with Gasteiger partial charge in [0.1, 0.15) is 18.2 Å². The van der Waals surface area contributed by atoms with E-state index in [1.807, 2.05) is 6.20 Å². The number of anilines is 1. The average Bonchev–Trinajstić information content (AvgIpc) is 3.48. The van der Waals surface area contributed by atoms with Crippen molar-refractivity contribution in [2.75, 3.05) is 57.4 Å². The summed E-state index contributed by atoms with van der Waals surface area (Å²) in [6, 6.07) is 26.0. The Labute approximate surface area is 231 Å². The summed E-state index contributed by atoms with van der Waals surface area (Å²) in [5.74, 6) is 1.90. The van der Waals surface area contributed by atoms with E-state index in [1.165, 1.54) is 47.2 Å². The number of ether oxygens (including phenoxy) is 2. The average molecular weight is 523 g/mol. The van der Waals surface area contributed by atoms with Crippen LogP contribution in [0.4, 0.5) is 5.69 Å². The molecule has 1 aromatic heterocycles. The Hall–Kier alpha value is -3.61. The van der Waals surface area contributed by atoms with Gasteiger partial charge in [-0.1, -0.05) is 48.5 Å². The number of H-pyrrole nitrogens is 1. The number of imidazole rings is 1. The van der Waals surface area contributed by atoms with Gasteiger partial charge in [-0.15, -0.1) is 0 Å². The first kappa shape index (κ1) is 25.7. The Bertz CT molecular complexity index is 1320. The molecule has 2 aliphatic rings. The molecule has 3 aromatic carbocycles. The van der Waals surface area contributed by atoms with Gasteiger partial charge in [0, 0.05) is 50.4 Å². The largest absolute Gasteiger partial charge is 0.492 e. The molecule has 0 saturated carbocycles. The predicted molar refractivity (Wildman–Crippen MR) is 158 cm³/mol. The minimum atomic E-state index is 0.701. The van der Waals surface area contributed by atoms with E-state index in [0.717, 1.165) is 69.6 Å². The zero-order chi connectivity index (χ0) is 26.3. The molecule has 6 heteroatoms. The van der Waals surface area contributed by atoms with Gasteiger partial charge in [-0.2, -0.15) is 0 Å². The van der Waals surface area contributed by atoms with Crippen LogP contribution in [-0.4, -0.2) is 67.4 Å². The highest BCUT2D eigenvalue weighted by Crippen LogP contribution is 2.27. The number of piperidine rings is 1. The summed E-state index contributed by atoms with van der Waals surface area (Å²) in [6.07, 6.45) is 6.66. The highest BCUT2D eigenvalue weighted by Gasteiger charge is 2.13. The lowest BCUT2D eigenvalue weighted by molar-refractivity contribution is 0.0322. The van der Waals surface area contributed by atoms with Crippen LogP contribution in [0.5, 0.6) is 5.75 Å². The maximum absolute atomic E-state index is 5.96. The van der Waals surface area contributed by atoms with Crippen LogP contribution in [0, 0.1) is 0 Å². The molecule has 3 heterocycles. The van der Waals surface area contributed by atoms with Crippen molar-refractivity contribution in [1.29, 1.82) is 0 Å². The first-order chi connectivity index (χ1) is 19.3. The highest BCUT2D eigenvalue weighted by molar-refractivity contribution is 5.66. The number of rotatable bonds is 9. The van der Waals surface area contributed by atoms with Gasteiger partial charge in [-0.25, -0.2) is 4.98 Å². The third-order valence-corrected chi connectivity index (χ3v) is 7.80. The second-order valence-electron chi connectivity index (χ2n) is 10.5. The molecule has 1 N–H and O–H groups in total. The Kier molecular flexibility index (Phi) is 8.22. The molecule has 0 aliphatic carbocycles. The van der Waals surface area contributed by atoms with Crippen LogP contribution in [0.25, 0.3) is 22.4 Å². The lowest BCUT2D eigenvalue weighted by atomic mass is 10.0. The lowest BCUT2D eigenvalue weighted by Gasteiger charge is -2.29. The summed E-state index contributed by atoms with van der Waals surface area (Å²) in [5.41, 5.74) is 7.22. The first-order valence-corrected chi connectivity index (χ1v) is 14.3. The first-order valence-electron chi connectivity index (χ1n) is 14.3. The van der Waals surface area contributed by atoms with Crippen molar-refractivity contribution >= 4 is 5.69 Å². The third kappa shape index (κ3) is 6.70. The summed E-state index contributed by atoms with van der Waals surface area (Å²) < 4.78 is 11.4. The van der Waals surface area contributed by atoms with Crippen molar-refractivity contribution in [2.45, 2.75) is 25.7 Å². The van der Waals surface area contributed by atoms with E-state index < -0.39 is 0 Å². The fourth-order valence-electron chi connectivity index (χ4n) is 5.49. The van der Waals surface area contributed by atoms with Gasteiger partial charge in [-0.05, 0) is 60.2 Å². The van der Waals surface area contributed by atoms with E-state index in [2.05, 4.69) is 92.6 Å². The predicted octanol–water partition coefficient (Wildman–Crippen LogP) is 6.04. The Balaban J connectivity index is 1.03. The van der Waals surface area contributed by atoms with Crippen LogP contribution >= 0.6 is 0 Å². The van der Waals surface area contributed by atoms with E-state index in [0.29, 0.717) is 6.61 Å². The SMILES string of the molecule is c1cc(-c2cnc(Cc3ccc(-c4ccc(OCCN5CCOCC5)cc4)cc3)[nH]2)cc(N2CCCCC2)c1. The molecular weight excluding hydrogens is 484 g/mol. The van der Waals surface area contributed by atoms with Gasteiger partial charge in [-0.3, -0.25) is 4.90 Å². The monoisotopic (exact) mass is 522 g/mol. The maximum Gasteiger partial charge on any atom is 0.119 e. The molecule has 0 unspecified atom stereocenters. The van der Waals surface area contributed by atoms with E-state index >= 15 is 0 Å². The second-order valence-corrected chi connectivity index (χ2v) is 10.5. The summed E-state index contributed by atoms with van der Waals surface area (Å²) >= 11 is 0. The highest BCUT2D eigenvalue weighted by atomic mass is 16.5. The van der Waals surface area contributed by atoms with E-state index in [-0.39, 0.29) is 0 Å². The van der Waals surface area contributed by atoms with Crippen LogP contribution < -0.4 is 9.64 Å². The minimum Gasteiger partial charge on any atom is -0.492 e. The molecule has 2 saturated heterocycles. The van der Waals surface area contributed by atoms with Crippen molar-refractivity contribution < 1.29 is 9.47 Å². The number of hydrogen-bond acceptors (Lipinski definition) is 5. The molecule has 6 rings (SSSR count). The van der Waals surface area contributed by atoms with Gasteiger partial charge in [0.25, 0.3) is 0 Å². The summed E-state index contributed by atoms with van der Waals surface area (Å²) in [7, 11) is 0. The molecule has 6 nitrogen and oxygen atoms in total. The Morgan fingerprint density at radius 3 is 2.31 bits per heavy atom. The van der Waals surface area contributed by atoms with Crippen LogP contribution in [0.1, 0.15) is 30.7 Å². The van der Waals surface area contributed by atoms with E-state index in [1.54, 1.807) is 0 Å². The fourth-order valence-corrected chi connectivity index (χ4v) is 5.49. The summed E-state index contributed by atoms with van der Waals surface area (Å²) in [5, 5.41) is 0. The molecular formula is C33H38N4O2. The van der Waals surface area contributed by atoms with E-state index in [9.17, 15) is 0 Å². The molecule has 2 aliphatic heterocycles. The topological polar surface area (TPSA) is 53.6 Å². The Morgan fingerprint density at radius 2 is 1.54 bits per heavy atom. The van der Waals surface area contributed by atoms with Gasteiger partial charge in [0.05, 0.1) is 25.1 Å². The van der Waals surface area contributed by atoms with Gasteiger partial charge >= 0.3 is 0 Å². The maximum atomic E-state index is 5.96. The zero-order valence-electron chi connectivity index (χ0n) is 22.6. The molecule has 39 heavy (non-hydrogen) atoms. The smallest absolute Gasteiger partial charge is 0.119 e. The van der Waals surface area contributed by atoms with Crippen LogP contribution in [0.15, 0.2) is 79.0 Å². The van der Waals surface area contributed by atoms with Crippen molar-refractivity contribution in [3.8, 4) is 28.1 Å². The molecule has 0 bridgehead atoms. The molecule has 4 aromatic rings. The zero-order valence-corrected chi connectivity index (χ0v) is 22.6. The number of aromatic nitrogens is 2. The lowest BCUT2D eigenvalue weighted by Crippen LogP contribution is -2.38. The number of nitrogens with zero attached hydrogens (tertiary/aromatic N) is 3. The molecule has 202 valence electrons. The standard InChI is InChI=1S/C33H38N4O2/c1-2-15-37(16-3-1)30-6-4-5-29(24-30)32-25-34-33(35-32)23-26-7-9-27(10-8-26)28-11-13-31(14-12-28)39-22-19-36-17-20-38-21-18-36/h4-14,24-25H,1-3,15-23H2,(H,34,35). The van der Waals surface area contributed by atoms with Gasteiger partial charge < -0.3 is 19.4 Å². The normalized spacial score (nSPS) is 16.4. The molecule has 2 fully saturated rings. The van der Waals surface area contributed by atoms with Gasteiger partial charge in [0.15, 0.2) is 0 Å². The number of nitrogens with one attached hydrogen (secondary N) is 1. The van der Waals surface area contributed by atoms with Crippen molar-refractivity contribution in [3.63, 3.8) is 0 Å². The molecule has 0 atom stereocenters. The third-order valence-electron chi connectivity index (χ3n) is 7.80. The van der Waals surface area contributed by atoms with Crippen molar-refractivity contribution in [3.05, 3.63) is 90.4 Å². The van der Waals surface area contributed by atoms with Crippen molar-refractivity contribution in [1.82, 2.24) is 14.9 Å². The van der Waals surface area contributed by atoms with Crippen LogP contribution in [0.2, 0.25) is 0 Å². The van der Waals surface area contributed by atoms with E-state index in [4.69, 9.17) is 9.47 Å². The molecule has 0 radical (unpaired) electrons. The number of morpholine rings is 1. The Morgan fingerprint density at radius 1 is 0.795 bits per heavy atom. The second kappa shape index (κ2) is 12.5. The van der Waals surface area contributed by atoms with Gasteiger partial charge in [0.2, 0.25) is 0 Å². The number of hydrogen-bond donors (Lipinski definition) is 1. The summed E-state index contributed by atoms with van der Waals surface area (Å²) in [6.45, 7) is 7.58. The fraction of sp³-hybridized carbons (Fsp3) is 0.364. The minimum absolute atomic E-state index is 0.701.